The van der Waals surface area contributed by atoms with Gasteiger partial charge in [-0.1, -0.05) is 79.0 Å². The van der Waals surface area contributed by atoms with E-state index in [-0.39, 0.29) is 25.0 Å². The fraction of sp³-hybridized carbons (Fsp3) is 0.333. The van der Waals surface area contributed by atoms with E-state index in [1.54, 1.807) is 17.0 Å². The smallest absolute Gasteiger partial charge is 0.261 e. The molecule has 1 atom stereocenters. The molecule has 0 aliphatic carbocycles. The topological polar surface area (TPSA) is 58.6 Å². The van der Waals surface area contributed by atoms with Gasteiger partial charge in [0.15, 0.2) is 6.61 Å². The van der Waals surface area contributed by atoms with Crippen molar-refractivity contribution in [3.63, 3.8) is 0 Å². The number of aryl methyl sites for hydroxylation is 2. The molecule has 0 saturated carbocycles. The van der Waals surface area contributed by atoms with Crippen LogP contribution in [0.25, 0.3) is 0 Å². The van der Waals surface area contributed by atoms with E-state index in [0.717, 1.165) is 35.1 Å². The normalized spacial score (nSPS) is 11.6. The van der Waals surface area contributed by atoms with Gasteiger partial charge in [-0.25, -0.2) is 0 Å². The zero-order valence-electron chi connectivity index (χ0n) is 21.6. The molecule has 0 radical (unpaired) electrons. The number of amides is 2. The van der Waals surface area contributed by atoms with Crippen LogP contribution in [-0.4, -0.2) is 35.9 Å². The van der Waals surface area contributed by atoms with Crippen LogP contribution < -0.4 is 10.1 Å². The summed E-state index contributed by atoms with van der Waals surface area (Å²) in [6.07, 6.45) is 2.19. The molecule has 0 aliphatic heterocycles. The Bertz CT molecular complexity index is 1200. The largest absolute Gasteiger partial charge is 0.484 e. The third-order valence-corrected chi connectivity index (χ3v) is 7.02. The summed E-state index contributed by atoms with van der Waals surface area (Å²) in [5.41, 5.74) is 3.95. The number of benzene rings is 3. The molecule has 5 nitrogen and oxygen atoms in total. The average molecular weight is 542 g/mol. The van der Waals surface area contributed by atoms with Crippen molar-refractivity contribution < 1.29 is 14.3 Å². The minimum Gasteiger partial charge on any atom is -0.484 e. The molecule has 196 valence electrons. The molecule has 0 fully saturated rings. The Balaban J connectivity index is 1.91. The summed E-state index contributed by atoms with van der Waals surface area (Å²) in [6.45, 7) is 6.63. The summed E-state index contributed by atoms with van der Waals surface area (Å²) in [4.78, 5) is 28.7. The van der Waals surface area contributed by atoms with E-state index in [0.29, 0.717) is 28.8 Å². The fourth-order valence-corrected chi connectivity index (χ4v) is 4.25. The van der Waals surface area contributed by atoms with Crippen molar-refractivity contribution in [2.75, 3.05) is 13.2 Å². The predicted molar refractivity (Wildman–Crippen MR) is 150 cm³/mol. The molecule has 2 amide bonds. The molecular weight excluding hydrogens is 507 g/mol. The highest BCUT2D eigenvalue weighted by Crippen LogP contribution is 2.24. The van der Waals surface area contributed by atoms with E-state index in [9.17, 15) is 9.59 Å². The molecule has 0 aliphatic rings. The van der Waals surface area contributed by atoms with Crippen LogP contribution in [0.3, 0.4) is 0 Å². The molecule has 0 spiro atoms. The standard InChI is InChI=1S/C30H34Cl2N2O3/c1-4-5-15-33-30(36)28(18-23-9-7-6-8-10-23)34(19-24-12-14-26(31)27(32)17-24)29(35)20-37-25-13-11-21(2)22(3)16-25/h6-14,16-17,28H,4-5,15,18-20H2,1-3H3,(H,33,36)/t28-/m1/s1. The van der Waals surface area contributed by atoms with E-state index >= 15 is 0 Å². The quantitative estimate of drug-likeness (QED) is 0.265. The van der Waals surface area contributed by atoms with Crippen LogP contribution >= 0.6 is 23.2 Å². The van der Waals surface area contributed by atoms with Gasteiger partial charge in [0.25, 0.3) is 5.91 Å². The summed E-state index contributed by atoms with van der Waals surface area (Å²) < 4.78 is 5.87. The number of nitrogens with one attached hydrogen (secondary N) is 1. The summed E-state index contributed by atoms with van der Waals surface area (Å²) in [5.74, 6) is 0.116. The minimum atomic E-state index is -0.732. The Hall–Kier alpha value is -3.02. The first-order valence-corrected chi connectivity index (χ1v) is 13.3. The van der Waals surface area contributed by atoms with Gasteiger partial charge in [0, 0.05) is 19.5 Å². The van der Waals surface area contributed by atoms with Crippen LogP contribution in [0.2, 0.25) is 10.0 Å². The first kappa shape index (κ1) is 28.5. The lowest BCUT2D eigenvalue weighted by Gasteiger charge is -2.31. The summed E-state index contributed by atoms with van der Waals surface area (Å²) in [6, 6.07) is 19.9. The molecule has 1 N–H and O–H groups in total. The summed E-state index contributed by atoms with van der Waals surface area (Å²) in [7, 11) is 0. The molecule has 3 rings (SSSR count). The Labute approximate surface area is 229 Å². The van der Waals surface area contributed by atoms with Crippen LogP contribution in [-0.2, 0) is 22.6 Å². The third kappa shape index (κ3) is 8.51. The van der Waals surface area contributed by atoms with E-state index in [2.05, 4.69) is 12.2 Å². The van der Waals surface area contributed by atoms with Gasteiger partial charge in [-0.3, -0.25) is 9.59 Å². The van der Waals surface area contributed by atoms with Gasteiger partial charge in [0.2, 0.25) is 5.91 Å². The second kappa shape index (κ2) is 14.1. The zero-order valence-corrected chi connectivity index (χ0v) is 23.1. The van der Waals surface area contributed by atoms with E-state index in [1.807, 2.05) is 68.4 Å². The number of carbonyl (C=O) groups excluding carboxylic acids is 2. The lowest BCUT2D eigenvalue weighted by Crippen LogP contribution is -2.51. The van der Waals surface area contributed by atoms with Gasteiger partial charge in [-0.05, 0) is 66.8 Å². The van der Waals surface area contributed by atoms with Crippen molar-refractivity contribution in [1.29, 1.82) is 0 Å². The molecule has 0 aromatic heterocycles. The van der Waals surface area contributed by atoms with Gasteiger partial charge in [0.1, 0.15) is 11.8 Å². The third-order valence-electron chi connectivity index (χ3n) is 6.28. The first-order chi connectivity index (χ1) is 17.8. The SMILES string of the molecule is CCCCNC(=O)[C@@H](Cc1ccccc1)N(Cc1ccc(Cl)c(Cl)c1)C(=O)COc1ccc(C)c(C)c1. The maximum absolute atomic E-state index is 13.7. The van der Waals surface area contributed by atoms with Crippen molar-refractivity contribution in [3.05, 3.63) is 99.0 Å². The van der Waals surface area contributed by atoms with E-state index in [4.69, 9.17) is 27.9 Å². The van der Waals surface area contributed by atoms with Crippen molar-refractivity contribution >= 4 is 35.0 Å². The highest BCUT2D eigenvalue weighted by Gasteiger charge is 2.30. The van der Waals surface area contributed by atoms with E-state index < -0.39 is 6.04 Å². The van der Waals surface area contributed by atoms with Crippen LogP contribution in [0, 0.1) is 13.8 Å². The highest BCUT2D eigenvalue weighted by molar-refractivity contribution is 6.42. The Kier molecular flexibility index (Phi) is 10.8. The molecule has 0 unspecified atom stereocenters. The molecule has 3 aromatic rings. The number of carbonyl (C=O) groups is 2. The molecule has 0 saturated heterocycles. The van der Waals surface area contributed by atoms with Crippen molar-refractivity contribution in [3.8, 4) is 5.75 Å². The molecule has 0 heterocycles. The fourth-order valence-electron chi connectivity index (χ4n) is 3.93. The number of hydrogen-bond acceptors (Lipinski definition) is 3. The Morgan fingerprint density at radius 2 is 1.68 bits per heavy atom. The molecule has 7 heteroatoms. The lowest BCUT2D eigenvalue weighted by atomic mass is 10.0. The minimum absolute atomic E-state index is 0.185. The Morgan fingerprint density at radius 3 is 2.35 bits per heavy atom. The van der Waals surface area contributed by atoms with Gasteiger partial charge in [-0.2, -0.15) is 0 Å². The van der Waals surface area contributed by atoms with Crippen LogP contribution in [0.15, 0.2) is 66.7 Å². The molecule has 0 bridgehead atoms. The zero-order chi connectivity index (χ0) is 26.8. The summed E-state index contributed by atoms with van der Waals surface area (Å²) >= 11 is 12.4. The molecular formula is C30H34Cl2N2O3. The predicted octanol–water partition coefficient (Wildman–Crippen LogP) is 6.55. The second-order valence-corrected chi connectivity index (χ2v) is 9.97. The van der Waals surface area contributed by atoms with Gasteiger partial charge < -0.3 is 15.0 Å². The van der Waals surface area contributed by atoms with Crippen LogP contribution in [0.1, 0.15) is 42.0 Å². The summed E-state index contributed by atoms with van der Waals surface area (Å²) in [5, 5.41) is 3.84. The van der Waals surface area contributed by atoms with Crippen molar-refractivity contribution in [1.82, 2.24) is 10.2 Å². The number of ether oxygens (including phenoxy) is 1. The van der Waals surface area contributed by atoms with Crippen LogP contribution in [0.4, 0.5) is 0 Å². The molecule has 3 aromatic carbocycles. The maximum atomic E-state index is 13.7. The van der Waals surface area contributed by atoms with Crippen molar-refractivity contribution in [2.45, 2.75) is 52.6 Å². The second-order valence-electron chi connectivity index (χ2n) is 9.15. The number of halogens is 2. The van der Waals surface area contributed by atoms with E-state index in [1.165, 1.54) is 0 Å². The Morgan fingerprint density at radius 1 is 0.919 bits per heavy atom. The van der Waals surface area contributed by atoms with Gasteiger partial charge in [-0.15, -0.1) is 0 Å². The number of nitrogens with zero attached hydrogens (tertiary/aromatic N) is 1. The highest BCUT2D eigenvalue weighted by atomic mass is 35.5. The number of rotatable bonds is 12. The average Bonchev–Trinajstić information content (AvgIpc) is 2.89. The first-order valence-electron chi connectivity index (χ1n) is 12.5. The van der Waals surface area contributed by atoms with Gasteiger partial charge >= 0.3 is 0 Å². The van der Waals surface area contributed by atoms with Crippen LogP contribution in [0.5, 0.6) is 5.75 Å². The lowest BCUT2D eigenvalue weighted by molar-refractivity contribution is -0.142. The van der Waals surface area contributed by atoms with Crippen molar-refractivity contribution in [2.24, 2.45) is 0 Å². The maximum Gasteiger partial charge on any atom is 0.261 e. The number of unbranched alkanes of at least 4 members (excludes halogenated alkanes) is 1. The number of hydrogen-bond donors (Lipinski definition) is 1. The monoisotopic (exact) mass is 540 g/mol. The van der Waals surface area contributed by atoms with Gasteiger partial charge in [0.05, 0.1) is 10.0 Å². The molecule has 37 heavy (non-hydrogen) atoms.